The molecule has 0 aliphatic carbocycles. The lowest BCUT2D eigenvalue weighted by molar-refractivity contribution is -0.894. The highest BCUT2D eigenvalue weighted by Crippen LogP contribution is 2.28. The Bertz CT molecular complexity index is 647. The van der Waals surface area contributed by atoms with Gasteiger partial charge < -0.3 is 9.80 Å². The Morgan fingerprint density at radius 3 is 2.62 bits per heavy atom. The Morgan fingerprint density at radius 2 is 2.00 bits per heavy atom. The predicted octanol–water partition coefficient (Wildman–Crippen LogP) is 2.03. The van der Waals surface area contributed by atoms with Gasteiger partial charge in [0.05, 0.1) is 37.8 Å². The van der Waals surface area contributed by atoms with Crippen LogP contribution in [-0.2, 0) is 0 Å². The van der Waals surface area contributed by atoms with E-state index in [1.165, 1.54) is 6.07 Å². The highest BCUT2D eigenvalue weighted by Gasteiger charge is 2.20. The quantitative estimate of drug-likeness (QED) is 0.497. The molecule has 1 aromatic heterocycles. The zero-order valence-electron chi connectivity index (χ0n) is 12.7. The first-order valence-corrected chi connectivity index (χ1v) is 6.75. The predicted molar refractivity (Wildman–Crippen MR) is 79.1 cm³/mol. The standard InChI is InChI=1S/C13H20N5O3/c1-9(18(2,3)4)7-8-14-10-5-6-11(17(19)20)13-12(10)15-21-16-13/h5-6,9,14H,7-8H2,1-4H3/q+1. The van der Waals surface area contributed by atoms with Crippen LogP contribution < -0.4 is 5.32 Å². The second-order valence-electron chi connectivity index (χ2n) is 6.03. The van der Waals surface area contributed by atoms with Crippen LogP contribution in [0, 0.1) is 10.1 Å². The van der Waals surface area contributed by atoms with Gasteiger partial charge in [0.1, 0.15) is 0 Å². The molecule has 0 amide bonds. The molecule has 1 N–H and O–H groups in total. The van der Waals surface area contributed by atoms with E-state index in [4.69, 9.17) is 0 Å². The van der Waals surface area contributed by atoms with Crippen molar-refractivity contribution in [3.05, 3.63) is 22.2 Å². The molecule has 2 rings (SSSR count). The summed E-state index contributed by atoms with van der Waals surface area (Å²) in [6, 6.07) is 3.54. The van der Waals surface area contributed by atoms with Crippen molar-refractivity contribution in [3.63, 3.8) is 0 Å². The Morgan fingerprint density at radius 1 is 1.33 bits per heavy atom. The molecule has 1 heterocycles. The number of nitrogens with zero attached hydrogens (tertiary/aromatic N) is 4. The molecule has 0 fully saturated rings. The van der Waals surface area contributed by atoms with Crippen molar-refractivity contribution in [1.29, 1.82) is 0 Å². The van der Waals surface area contributed by atoms with Crippen LogP contribution in [0.1, 0.15) is 13.3 Å². The van der Waals surface area contributed by atoms with Gasteiger partial charge >= 0.3 is 5.69 Å². The fourth-order valence-corrected chi connectivity index (χ4v) is 1.95. The lowest BCUT2D eigenvalue weighted by atomic mass is 10.2. The molecule has 114 valence electrons. The number of rotatable bonds is 6. The highest BCUT2D eigenvalue weighted by atomic mass is 16.6. The van der Waals surface area contributed by atoms with Crippen molar-refractivity contribution >= 4 is 22.4 Å². The molecule has 0 aliphatic heterocycles. The van der Waals surface area contributed by atoms with E-state index >= 15 is 0 Å². The Labute approximate surface area is 122 Å². The van der Waals surface area contributed by atoms with Crippen LogP contribution in [0.25, 0.3) is 11.0 Å². The SMILES string of the molecule is CC(CCNc1ccc([N+](=O)[O-])c2nonc12)[N+](C)(C)C. The van der Waals surface area contributed by atoms with Gasteiger partial charge in [0.25, 0.3) is 0 Å². The van der Waals surface area contributed by atoms with Gasteiger partial charge in [-0.3, -0.25) is 10.1 Å². The first-order chi connectivity index (χ1) is 9.80. The minimum atomic E-state index is -0.491. The molecule has 8 heteroatoms. The first-order valence-electron chi connectivity index (χ1n) is 6.75. The molecule has 0 spiro atoms. The Kier molecular flexibility index (Phi) is 4.08. The molecule has 1 atom stereocenters. The van der Waals surface area contributed by atoms with Crippen molar-refractivity contribution in [1.82, 2.24) is 10.3 Å². The molecular formula is C13H20N5O3+. The summed E-state index contributed by atoms with van der Waals surface area (Å²) in [7, 11) is 6.45. The number of nitro groups is 1. The van der Waals surface area contributed by atoms with Gasteiger partial charge in [-0.15, -0.1) is 0 Å². The van der Waals surface area contributed by atoms with E-state index in [0.717, 1.165) is 17.4 Å². The number of non-ortho nitro benzene ring substituents is 1. The lowest BCUT2D eigenvalue weighted by Crippen LogP contribution is -2.44. The molecular weight excluding hydrogens is 274 g/mol. The first kappa shape index (κ1) is 15.2. The minimum Gasteiger partial charge on any atom is -0.383 e. The van der Waals surface area contributed by atoms with E-state index in [2.05, 4.69) is 48.3 Å². The molecule has 1 aromatic carbocycles. The molecule has 0 saturated heterocycles. The number of benzene rings is 1. The van der Waals surface area contributed by atoms with Crippen molar-refractivity contribution in [2.24, 2.45) is 0 Å². The molecule has 8 nitrogen and oxygen atoms in total. The van der Waals surface area contributed by atoms with E-state index in [9.17, 15) is 10.1 Å². The van der Waals surface area contributed by atoms with Gasteiger partial charge in [-0.2, -0.15) is 0 Å². The lowest BCUT2D eigenvalue weighted by Gasteiger charge is -2.31. The average molecular weight is 294 g/mol. The van der Waals surface area contributed by atoms with Crippen LogP contribution in [0.2, 0.25) is 0 Å². The topological polar surface area (TPSA) is 94.1 Å². The Hall–Kier alpha value is -2.22. The summed E-state index contributed by atoms with van der Waals surface area (Å²) < 4.78 is 5.51. The Balaban J connectivity index is 2.12. The van der Waals surface area contributed by atoms with Crippen LogP contribution in [0.5, 0.6) is 0 Å². The number of nitrogens with one attached hydrogen (secondary N) is 1. The summed E-state index contributed by atoms with van der Waals surface area (Å²) in [5, 5.41) is 21.5. The molecule has 21 heavy (non-hydrogen) atoms. The maximum absolute atomic E-state index is 10.9. The van der Waals surface area contributed by atoms with Crippen molar-refractivity contribution in [3.8, 4) is 0 Å². The van der Waals surface area contributed by atoms with E-state index in [0.29, 0.717) is 17.2 Å². The molecule has 0 radical (unpaired) electrons. The summed E-state index contributed by atoms with van der Waals surface area (Å²) in [5.74, 6) is 0. The van der Waals surface area contributed by atoms with Crippen LogP contribution in [-0.4, -0.2) is 53.4 Å². The summed E-state index contributed by atoms with van der Waals surface area (Å²) in [4.78, 5) is 10.4. The van der Waals surface area contributed by atoms with E-state index in [1.54, 1.807) is 6.07 Å². The molecule has 0 bridgehead atoms. The highest BCUT2D eigenvalue weighted by molar-refractivity contribution is 5.93. The average Bonchev–Trinajstić information content (AvgIpc) is 2.86. The molecule has 1 unspecified atom stereocenters. The third kappa shape index (κ3) is 3.27. The third-order valence-corrected chi connectivity index (χ3v) is 3.79. The number of hydrogen-bond donors (Lipinski definition) is 1. The molecule has 0 aliphatic rings. The zero-order chi connectivity index (χ0) is 15.6. The van der Waals surface area contributed by atoms with Gasteiger partial charge in [0.15, 0.2) is 5.52 Å². The van der Waals surface area contributed by atoms with E-state index in [1.807, 2.05) is 0 Å². The van der Waals surface area contributed by atoms with Crippen molar-refractivity contribution in [2.75, 3.05) is 33.0 Å². The molecule has 2 aromatic rings. The van der Waals surface area contributed by atoms with Crippen molar-refractivity contribution in [2.45, 2.75) is 19.4 Å². The maximum atomic E-state index is 10.9. The minimum absolute atomic E-state index is 0.100. The smallest absolute Gasteiger partial charge is 0.300 e. The van der Waals surface area contributed by atoms with Gasteiger partial charge in [-0.05, 0) is 23.3 Å². The van der Waals surface area contributed by atoms with Gasteiger partial charge in [0.2, 0.25) is 5.52 Å². The number of aromatic nitrogens is 2. The largest absolute Gasteiger partial charge is 0.383 e. The van der Waals surface area contributed by atoms with Crippen LogP contribution in [0.15, 0.2) is 16.8 Å². The van der Waals surface area contributed by atoms with Crippen molar-refractivity contribution < 1.29 is 14.0 Å². The van der Waals surface area contributed by atoms with Crippen LogP contribution >= 0.6 is 0 Å². The van der Waals surface area contributed by atoms with E-state index < -0.39 is 4.92 Å². The fourth-order valence-electron chi connectivity index (χ4n) is 1.95. The number of quaternary nitrogens is 1. The van der Waals surface area contributed by atoms with E-state index in [-0.39, 0.29) is 11.2 Å². The summed E-state index contributed by atoms with van der Waals surface area (Å²) >= 11 is 0. The zero-order valence-corrected chi connectivity index (χ0v) is 12.7. The number of nitro benzene ring substituents is 1. The van der Waals surface area contributed by atoms with Gasteiger partial charge in [-0.25, -0.2) is 4.63 Å². The molecule has 0 saturated carbocycles. The van der Waals surface area contributed by atoms with Gasteiger partial charge in [-0.1, -0.05) is 0 Å². The summed E-state index contributed by atoms with van der Waals surface area (Å²) in [5.41, 5.74) is 1.16. The summed E-state index contributed by atoms with van der Waals surface area (Å²) in [6.45, 7) is 2.93. The normalized spacial score (nSPS) is 13.3. The van der Waals surface area contributed by atoms with Crippen LogP contribution in [0.4, 0.5) is 11.4 Å². The number of hydrogen-bond acceptors (Lipinski definition) is 6. The number of anilines is 1. The second-order valence-corrected chi connectivity index (χ2v) is 6.03. The van der Waals surface area contributed by atoms with Gasteiger partial charge in [0, 0.05) is 19.0 Å². The fraction of sp³-hybridized carbons (Fsp3) is 0.538. The maximum Gasteiger partial charge on any atom is 0.300 e. The third-order valence-electron chi connectivity index (χ3n) is 3.79. The monoisotopic (exact) mass is 294 g/mol. The second kappa shape index (κ2) is 5.65. The summed E-state index contributed by atoms with van der Waals surface area (Å²) in [6.07, 6.45) is 0.966. The van der Waals surface area contributed by atoms with Crippen LogP contribution in [0.3, 0.4) is 0 Å². The number of fused-ring (bicyclic) bond motifs is 1.